The standard InChI is InChI=1S/C32H45NO5S/c1-7-26-25(31(36)37)17-33(26)16-22(34)18-38-29-19(3)13-21(14-20(29)4)9-10-27(35)30-23-11-12-32(5,6)15-24(23)28(8-2)39-30/h13-14,22,25-26,34H,7-12,15-18H2,1-6H3,(H,36,37). The number of carbonyl (C=O) groups excluding carboxylic acids is 1. The van der Waals surface area contributed by atoms with Crippen LogP contribution in [0.2, 0.25) is 0 Å². The molecule has 0 saturated carbocycles. The van der Waals surface area contributed by atoms with Crippen molar-refractivity contribution in [2.75, 3.05) is 19.7 Å². The molecule has 1 aliphatic heterocycles. The molecule has 2 heterocycles. The monoisotopic (exact) mass is 555 g/mol. The van der Waals surface area contributed by atoms with Crippen LogP contribution in [-0.2, 0) is 30.5 Å². The summed E-state index contributed by atoms with van der Waals surface area (Å²) in [6, 6.07) is 4.15. The van der Waals surface area contributed by atoms with Crippen LogP contribution >= 0.6 is 11.3 Å². The van der Waals surface area contributed by atoms with E-state index in [4.69, 9.17) is 4.74 Å². The number of aliphatic hydroxyl groups is 1. The van der Waals surface area contributed by atoms with Gasteiger partial charge in [-0.15, -0.1) is 11.3 Å². The Morgan fingerprint density at radius 3 is 2.49 bits per heavy atom. The molecule has 0 amide bonds. The van der Waals surface area contributed by atoms with Crippen molar-refractivity contribution in [3.05, 3.63) is 49.7 Å². The molecule has 2 N–H and O–H groups in total. The van der Waals surface area contributed by atoms with Crippen LogP contribution in [-0.4, -0.2) is 58.7 Å². The molecule has 0 bridgehead atoms. The highest BCUT2D eigenvalue weighted by molar-refractivity contribution is 7.14. The number of hydrogen-bond acceptors (Lipinski definition) is 6. The van der Waals surface area contributed by atoms with Crippen LogP contribution in [0.5, 0.6) is 5.75 Å². The molecule has 6 nitrogen and oxygen atoms in total. The molecule has 39 heavy (non-hydrogen) atoms. The van der Waals surface area contributed by atoms with Crippen molar-refractivity contribution in [2.45, 2.75) is 98.6 Å². The summed E-state index contributed by atoms with van der Waals surface area (Å²) in [7, 11) is 0. The molecule has 7 heteroatoms. The Kier molecular flexibility index (Phi) is 9.24. The van der Waals surface area contributed by atoms with Crippen molar-refractivity contribution >= 4 is 23.1 Å². The third-order valence-corrected chi connectivity index (χ3v) is 10.1. The molecular weight excluding hydrogens is 510 g/mol. The van der Waals surface area contributed by atoms with E-state index in [-0.39, 0.29) is 24.3 Å². The van der Waals surface area contributed by atoms with Crippen LogP contribution in [0.25, 0.3) is 0 Å². The number of likely N-dealkylation sites (tertiary alicyclic amines) is 1. The maximum absolute atomic E-state index is 13.3. The van der Waals surface area contributed by atoms with Crippen molar-refractivity contribution in [3.63, 3.8) is 0 Å². The fourth-order valence-electron chi connectivity index (χ4n) is 6.47. The Balaban J connectivity index is 1.33. The zero-order chi connectivity index (χ0) is 28.5. The lowest BCUT2D eigenvalue weighted by molar-refractivity contribution is -0.154. The second-order valence-electron chi connectivity index (χ2n) is 12.3. The Hall–Kier alpha value is -2.22. The van der Waals surface area contributed by atoms with Crippen LogP contribution in [0, 0.1) is 25.2 Å². The molecule has 2 aromatic rings. The minimum Gasteiger partial charge on any atom is -0.490 e. The number of aliphatic hydroxyl groups excluding tert-OH is 1. The van der Waals surface area contributed by atoms with E-state index in [1.54, 1.807) is 11.3 Å². The molecule has 0 radical (unpaired) electrons. The van der Waals surface area contributed by atoms with Gasteiger partial charge in [0.1, 0.15) is 18.5 Å². The van der Waals surface area contributed by atoms with Crippen molar-refractivity contribution in [1.82, 2.24) is 4.90 Å². The van der Waals surface area contributed by atoms with Gasteiger partial charge < -0.3 is 14.9 Å². The number of Topliss-reactive ketones (excluding diaryl/α,β-unsaturated/α-hetero) is 1. The van der Waals surface area contributed by atoms with E-state index in [0.717, 1.165) is 59.4 Å². The molecule has 1 fully saturated rings. The summed E-state index contributed by atoms with van der Waals surface area (Å²) in [5.74, 6) is -0.0823. The normalized spacial score (nSPS) is 21.2. The Bertz CT molecular complexity index is 1190. The highest BCUT2D eigenvalue weighted by Crippen LogP contribution is 2.42. The van der Waals surface area contributed by atoms with Crippen LogP contribution in [0.1, 0.15) is 89.3 Å². The maximum atomic E-state index is 13.3. The fraction of sp³-hybridized carbons (Fsp3) is 0.625. The first kappa shape index (κ1) is 29.8. The molecule has 214 valence electrons. The lowest BCUT2D eigenvalue weighted by Crippen LogP contribution is -2.60. The van der Waals surface area contributed by atoms with Crippen LogP contribution in [0.15, 0.2) is 12.1 Å². The van der Waals surface area contributed by atoms with Gasteiger partial charge in [-0.25, -0.2) is 0 Å². The lowest BCUT2D eigenvalue weighted by atomic mass is 9.74. The zero-order valence-corrected chi connectivity index (χ0v) is 25.2. The molecule has 1 saturated heterocycles. The highest BCUT2D eigenvalue weighted by atomic mass is 32.1. The summed E-state index contributed by atoms with van der Waals surface area (Å²) < 4.78 is 6.03. The topological polar surface area (TPSA) is 87.1 Å². The van der Waals surface area contributed by atoms with Gasteiger partial charge in [-0.05, 0) is 85.6 Å². The second kappa shape index (κ2) is 12.1. The molecule has 1 aliphatic carbocycles. The quantitative estimate of drug-likeness (QED) is 0.322. The van der Waals surface area contributed by atoms with Crippen LogP contribution in [0.4, 0.5) is 0 Å². The van der Waals surface area contributed by atoms with E-state index in [1.165, 1.54) is 16.0 Å². The predicted octanol–water partition coefficient (Wildman–Crippen LogP) is 5.79. The Labute approximate surface area is 237 Å². The van der Waals surface area contributed by atoms with E-state index < -0.39 is 12.1 Å². The van der Waals surface area contributed by atoms with Crippen molar-refractivity contribution in [1.29, 1.82) is 0 Å². The minimum atomic E-state index is -0.763. The first-order chi connectivity index (χ1) is 18.4. The van der Waals surface area contributed by atoms with Gasteiger partial charge in [-0.2, -0.15) is 0 Å². The smallest absolute Gasteiger partial charge is 0.309 e. The number of ketones is 1. The van der Waals surface area contributed by atoms with Gasteiger partial charge in [0.2, 0.25) is 0 Å². The van der Waals surface area contributed by atoms with E-state index >= 15 is 0 Å². The Morgan fingerprint density at radius 1 is 1.18 bits per heavy atom. The second-order valence-corrected chi connectivity index (χ2v) is 13.4. The summed E-state index contributed by atoms with van der Waals surface area (Å²) in [6.07, 6.45) is 5.46. The molecule has 1 aromatic heterocycles. The first-order valence-electron chi connectivity index (χ1n) is 14.5. The van der Waals surface area contributed by atoms with E-state index in [1.807, 2.05) is 25.7 Å². The van der Waals surface area contributed by atoms with E-state index in [2.05, 4.69) is 32.9 Å². The van der Waals surface area contributed by atoms with E-state index in [9.17, 15) is 19.8 Å². The third-order valence-electron chi connectivity index (χ3n) is 8.61. The number of β-amino-alcohol motifs (C(OH)–C–C–N with tert-alkyl or cyclic N) is 1. The number of ether oxygens (including phenoxy) is 1. The van der Waals surface area contributed by atoms with E-state index in [0.29, 0.717) is 31.3 Å². The fourth-order valence-corrected chi connectivity index (χ4v) is 7.74. The number of thiophene rings is 1. The number of fused-ring (bicyclic) bond motifs is 1. The molecule has 2 aliphatic rings. The highest BCUT2D eigenvalue weighted by Gasteiger charge is 2.42. The van der Waals surface area contributed by atoms with Gasteiger partial charge in [0, 0.05) is 30.4 Å². The number of aryl methyl sites for hydroxylation is 4. The summed E-state index contributed by atoms with van der Waals surface area (Å²) in [4.78, 5) is 29.1. The van der Waals surface area contributed by atoms with Crippen LogP contribution < -0.4 is 4.74 Å². The molecule has 3 unspecified atom stereocenters. The first-order valence-corrected chi connectivity index (χ1v) is 15.3. The number of carboxylic acids is 1. The molecule has 0 spiro atoms. The number of hydrogen-bond donors (Lipinski definition) is 2. The molecule has 4 rings (SSSR count). The number of carbonyl (C=O) groups is 2. The van der Waals surface area contributed by atoms with Gasteiger partial charge in [0.05, 0.1) is 10.8 Å². The molecule has 1 aromatic carbocycles. The number of nitrogens with zero attached hydrogens (tertiary/aromatic N) is 1. The average Bonchev–Trinajstić information content (AvgIpc) is 3.21. The van der Waals surface area contributed by atoms with Crippen molar-refractivity contribution < 1.29 is 24.5 Å². The third kappa shape index (κ3) is 6.58. The number of rotatable bonds is 12. The minimum absolute atomic E-state index is 0.0253. The zero-order valence-electron chi connectivity index (χ0n) is 24.4. The van der Waals surface area contributed by atoms with Gasteiger partial charge in [-0.1, -0.05) is 39.8 Å². The SMILES string of the molecule is CCc1sc(C(=O)CCc2cc(C)c(OCC(O)CN3CC(C(=O)O)C3CC)c(C)c2)c2c1CC(C)(C)CC2. The van der Waals surface area contributed by atoms with Crippen LogP contribution in [0.3, 0.4) is 0 Å². The van der Waals surface area contributed by atoms with Crippen molar-refractivity contribution in [3.8, 4) is 5.75 Å². The van der Waals surface area contributed by atoms with Gasteiger partial charge >= 0.3 is 5.97 Å². The predicted molar refractivity (Wildman–Crippen MR) is 156 cm³/mol. The lowest BCUT2D eigenvalue weighted by Gasteiger charge is -2.46. The summed E-state index contributed by atoms with van der Waals surface area (Å²) in [6.45, 7) is 13.9. The largest absolute Gasteiger partial charge is 0.490 e. The summed E-state index contributed by atoms with van der Waals surface area (Å²) in [5, 5.41) is 19.8. The summed E-state index contributed by atoms with van der Waals surface area (Å²) >= 11 is 1.72. The van der Waals surface area contributed by atoms with Gasteiger partial charge in [-0.3, -0.25) is 14.5 Å². The molecule has 3 atom stereocenters. The number of carboxylic acid groups (broad SMARTS) is 1. The Morgan fingerprint density at radius 2 is 1.87 bits per heavy atom. The van der Waals surface area contributed by atoms with Gasteiger partial charge in [0.25, 0.3) is 0 Å². The summed E-state index contributed by atoms with van der Waals surface area (Å²) in [5.41, 5.74) is 6.18. The number of aliphatic carboxylic acids is 1. The van der Waals surface area contributed by atoms with Gasteiger partial charge in [0.15, 0.2) is 5.78 Å². The molecular formula is C32H45NO5S. The average molecular weight is 556 g/mol. The maximum Gasteiger partial charge on any atom is 0.309 e. The van der Waals surface area contributed by atoms with Crippen molar-refractivity contribution in [2.24, 2.45) is 11.3 Å². The number of benzene rings is 1.